The van der Waals surface area contributed by atoms with Crippen LogP contribution in [0.1, 0.15) is 17.2 Å². The molecule has 0 saturated heterocycles. The highest BCUT2D eigenvalue weighted by atomic mass is 79.9. The van der Waals surface area contributed by atoms with Gasteiger partial charge in [-0.2, -0.15) is 0 Å². The molecule has 6 heteroatoms. The van der Waals surface area contributed by atoms with Gasteiger partial charge in [0.25, 0.3) is 0 Å². The van der Waals surface area contributed by atoms with Gasteiger partial charge in [0.2, 0.25) is 0 Å². The number of hydrogen-bond acceptors (Lipinski definition) is 3. The van der Waals surface area contributed by atoms with Crippen molar-refractivity contribution >= 4 is 27.5 Å². The lowest BCUT2D eigenvalue weighted by molar-refractivity contribution is 0.403. The van der Waals surface area contributed by atoms with Crippen molar-refractivity contribution in [1.82, 2.24) is 5.43 Å². The average Bonchev–Trinajstić information content (AvgIpc) is 2.44. The van der Waals surface area contributed by atoms with E-state index in [1.54, 1.807) is 36.4 Å². The third-order valence-electron chi connectivity index (χ3n) is 2.96. The molecule has 106 valence electrons. The molecule has 0 aliphatic carbocycles. The lowest BCUT2D eigenvalue weighted by atomic mass is 9.98. The summed E-state index contributed by atoms with van der Waals surface area (Å²) in [4.78, 5) is 0. The van der Waals surface area contributed by atoms with Crippen LogP contribution in [0.5, 0.6) is 5.75 Å². The third-order valence-corrected chi connectivity index (χ3v) is 3.81. The zero-order valence-electron chi connectivity index (χ0n) is 10.7. The predicted octanol–water partition coefficient (Wildman–Crippen LogP) is 3.80. The van der Waals surface area contributed by atoms with Crippen LogP contribution >= 0.6 is 27.5 Å². The highest BCUT2D eigenvalue weighted by molar-refractivity contribution is 9.10. The zero-order chi connectivity index (χ0) is 14.7. The monoisotopic (exact) mass is 358 g/mol. The van der Waals surface area contributed by atoms with E-state index in [1.165, 1.54) is 7.11 Å². The van der Waals surface area contributed by atoms with E-state index in [0.717, 1.165) is 0 Å². The minimum atomic E-state index is -0.568. The average molecular weight is 360 g/mol. The van der Waals surface area contributed by atoms with E-state index in [9.17, 15) is 4.39 Å². The van der Waals surface area contributed by atoms with Gasteiger partial charge in [-0.1, -0.05) is 23.7 Å². The van der Waals surface area contributed by atoms with Gasteiger partial charge in [0.1, 0.15) is 11.6 Å². The van der Waals surface area contributed by atoms with Gasteiger partial charge in [-0.25, -0.2) is 9.82 Å². The molecule has 3 N–H and O–H groups in total. The molecular weight excluding hydrogens is 347 g/mol. The maximum absolute atomic E-state index is 14.2. The van der Waals surface area contributed by atoms with Crippen LogP contribution < -0.4 is 16.0 Å². The fourth-order valence-electron chi connectivity index (χ4n) is 2.02. The van der Waals surface area contributed by atoms with Gasteiger partial charge in [-0.15, -0.1) is 0 Å². The molecule has 20 heavy (non-hydrogen) atoms. The Balaban J connectivity index is 2.58. The van der Waals surface area contributed by atoms with E-state index in [-0.39, 0.29) is 5.82 Å². The van der Waals surface area contributed by atoms with E-state index in [1.807, 2.05) is 0 Å². The van der Waals surface area contributed by atoms with Gasteiger partial charge < -0.3 is 4.74 Å². The summed E-state index contributed by atoms with van der Waals surface area (Å²) < 4.78 is 19.9. The normalized spacial score (nSPS) is 12.2. The van der Waals surface area contributed by atoms with Crippen LogP contribution in [-0.2, 0) is 0 Å². The molecule has 1 unspecified atom stereocenters. The molecule has 0 aliphatic heterocycles. The van der Waals surface area contributed by atoms with Crippen LogP contribution in [-0.4, -0.2) is 7.11 Å². The number of nitrogens with two attached hydrogens (primary N) is 1. The minimum Gasteiger partial charge on any atom is -0.496 e. The molecule has 0 spiro atoms. The van der Waals surface area contributed by atoms with Crippen LogP contribution in [0, 0.1) is 5.82 Å². The van der Waals surface area contributed by atoms with Crippen molar-refractivity contribution in [3.05, 3.63) is 62.8 Å². The van der Waals surface area contributed by atoms with Crippen LogP contribution in [0.3, 0.4) is 0 Å². The second kappa shape index (κ2) is 6.54. The Kier molecular flexibility index (Phi) is 4.99. The maximum Gasteiger partial charge on any atom is 0.142 e. The Bertz CT molecular complexity index is 624. The Morgan fingerprint density at radius 3 is 2.70 bits per heavy atom. The topological polar surface area (TPSA) is 47.3 Å². The third kappa shape index (κ3) is 2.96. The first-order chi connectivity index (χ1) is 9.58. The van der Waals surface area contributed by atoms with Crippen molar-refractivity contribution < 1.29 is 9.13 Å². The van der Waals surface area contributed by atoms with Gasteiger partial charge in [0, 0.05) is 16.1 Å². The molecule has 0 bridgehead atoms. The highest BCUT2D eigenvalue weighted by Gasteiger charge is 2.21. The number of hydrogen-bond donors (Lipinski definition) is 2. The van der Waals surface area contributed by atoms with Crippen LogP contribution in [0.15, 0.2) is 40.9 Å². The first-order valence-corrected chi connectivity index (χ1v) is 6.99. The zero-order valence-corrected chi connectivity index (χ0v) is 13.0. The van der Waals surface area contributed by atoms with Crippen molar-refractivity contribution in [1.29, 1.82) is 0 Å². The van der Waals surface area contributed by atoms with Crippen molar-refractivity contribution in [3.63, 3.8) is 0 Å². The summed E-state index contributed by atoms with van der Waals surface area (Å²) in [5.41, 5.74) is 3.68. The Labute approximate surface area is 130 Å². The number of benzene rings is 2. The predicted molar refractivity (Wildman–Crippen MR) is 81.3 cm³/mol. The van der Waals surface area contributed by atoms with Gasteiger partial charge in [-0.05, 0) is 40.2 Å². The first kappa shape index (κ1) is 15.3. The van der Waals surface area contributed by atoms with Gasteiger partial charge >= 0.3 is 0 Å². The summed E-state index contributed by atoms with van der Waals surface area (Å²) >= 11 is 9.17. The minimum absolute atomic E-state index is 0.372. The summed E-state index contributed by atoms with van der Waals surface area (Å²) in [5.74, 6) is 5.80. The second-order valence-electron chi connectivity index (χ2n) is 4.13. The number of ether oxygens (including phenoxy) is 1. The summed E-state index contributed by atoms with van der Waals surface area (Å²) in [7, 11) is 1.54. The molecule has 0 fully saturated rings. The van der Waals surface area contributed by atoms with E-state index in [4.69, 9.17) is 22.2 Å². The summed E-state index contributed by atoms with van der Waals surface area (Å²) in [6, 6.07) is 9.58. The number of nitrogens with one attached hydrogen (secondary N) is 1. The summed E-state index contributed by atoms with van der Waals surface area (Å²) in [6.45, 7) is 0. The van der Waals surface area contributed by atoms with Gasteiger partial charge in [0.15, 0.2) is 0 Å². The Morgan fingerprint density at radius 2 is 2.05 bits per heavy atom. The van der Waals surface area contributed by atoms with Crippen molar-refractivity contribution in [3.8, 4) is 5.75 Å². The lowest BCUT2D eigenvalue weighted by Gasteiger charge is -2.20. The highest BCUT2D eigenvalue weighted by Crippen LogP contribution is 2.34. The van der Waals surface area contributed by atoms with Crippen LogP contribution in [0.4, 0.5) is 4.39 Å². The summed E-state index contributed by atoms with van der Waals surface area (Å²) in [6.07, 6.45) is 0. The largest absolute Gasteiger partial charge is 0.496 e. The number of rotatable bonds is 4. The fraction of sp³-hybridized carbons (Fsp3) is 0.143. The van der Waals surface area contributed by atoms with Crippen molar-refractivity contribution in [2.24, 2.45) is 5.84 Å². The van der Waals surface area contributed by atoms with Crippen molar-refractivity contribution in [2.75, 3.05) is 7.11 Å². The number of hydrazine groups is 1. The van der Waals surface area contributed by atoms with Gasteiger partial charge in [0.05, 0.1) is 17.6 Å². The fourth-order valence-corrected chi connectivity index (χ4v) is 2.58. The number of halogens is 3. The Hall–Kier alpha value is -1.14. The van der Waals surface area contributed by atoms with E-state index in [2.05, 4.69) is 21.4 Å². The molecule has 0 aromatic heterocycles. The SMILES string of the molecule is COc1ccc(Cl)cc1C(NN)c1cccc(Br)c1F. The number of methoxy groups -OCH3 is 1. The molecule has 2 aromatic carbocycles. The van der Waals surface area contributed by atoms with Crippen LogP contribution in [0.2, 0.25) is 5.02 Å². The lowest BCUT2D eigenvalue weighted by Crippen LogP contribution is -2.30. The molecular formula is C14H13BrClFN2O. The van der Waals surface area contributed by atoms with Crippen LogP contribution in [0.25, 0.3) is 0 Å². The van der Waals surface area contributed by atoms with E-state index < -0.39 is 6.04 Å². The maximum atomic E-state index is 14.2. The quantitative estimate of drug-likeness (QED) is 0.645. The smallest absolute Gasteiger partial charge is 0.142 e. The molecule has 0 saturated carbocycles. The molecule has 1 atom stereocenters. The standard InChI is InChI=1S/C14H13BrClFN2O/c1-20-12-6-5-8(16)7-10(12)14(19-18)9-3-2-4-11(15)13(9)17/h2-7,14,19H,18H2,1H3. The Morgan fingerprint density at radius 1 is 1.30 bits per heavy atom. The molecule has 0 radical (unpaired) electrons. The molecule has 0 heterocycles. The molecule has 0 amide bonds. The molecule has 3 nitrogen and oxygen atoms in total. The first-order valence-electron chi connectivity index (χ1n) is 5.82. The van der Waals surface area contributed by atoms with E-state index >= 15 is 0 Å². The van der Waals surface area contributed by atoms with Gasteiger partial charge in [-0.3, -0.25) is 5.84 Å². The molecule has 2 aromatic rings. The van der Waals surface area contributed by atoms with E-state index in [0.29, 0.717) is 26.4 Å². The molecule has 2 rings (SSSR count). The van der Waals surface area contributed by atoms with Crippen molar-refractivity contribution in [2.45, 2.75) is 6.04 Å². The second-order valence-corrected chi connectivity index (χ2v) is 5.42. The summed E-state index contributed by atoms with van der Waals surface area (Å²) in [5, 5.41) is 0.524. The molecule has 0 aliphatic rings.